The molecule has 0 aliphatic carbocycles. The van der Waals surface area contributed by atoms with Crippen molar-refractivity contribution in [1.82, 2.24) is 10.3 Å². The normalized spacial score (nSPS) is 21.5. The average Bonchev–Trinajstić information content (AvgIpc) is 2.97. The molecule has 0 bridgehead atoms. The molecule has 1 aromatic carbocycles. The Morgan fingerprint density at radius 3 is 2.54 bits per heavy atom. The van der Waals surface area contributed by atoms with Gasteiger partial charge in [-0.15, -0.1) is 0 Å². The van der Waals surface area contributed by atoms with Crippen molar-refractivity contribution in [2.45, 2.75) is 64.4 Å². The lowest BCUT2D eigenvalue weighted by Crippen LogP contribution is -2.46. The fraction of sp³-hybridized carbons (Fsp3) is 0.500. The predicted molar refractivity (Wildman–Crippen MR) is 140 cm³/mol. The van der Waals surface area contributed by atoms with E-state index in [4.69, 9.17) is 28.4 Å². The van der Waals surface area contributed by atoms with Gasteiger partial charge >= 0.3 is 11.9 Å². The lowest BCUT2D eigenvalue weighted by atomic mass is 10.0. The Morgan fingerprint density at radius 2 is 1.87 bits per heavy atom. The molecule has 1 aliphatic rings. The standard InChI is InChI=1S/C28H36N2O9/c1-17(2)27(32)37-16-36-25-21(34-4)14-15-29-23(25)26(31)30-20-12-9-13-22(39-19-10-7-6-8-11-19)24(35-5)18(3)38-28(20)33/h6-8,10-11,14-15,17-18,20,22,24H,9,12-13,16H2,1-5H3,(H,30,31). The maximum absolute atomic E-state index is 13.3. The molecule has 212 valence electrons. The van der Waals surface area contributed by atoms with Crippen LogP contribution in [0.1, 0.15) is 50.5 Å². The molecule has 1 aromatic heterocycles. The SMILES string of the molecule is COc1ccnc(C(=O)NC2CCCC(Oc3ccccc3)C(OC)C(C)OC2=O)c1OCOC(=O)C(C)C. The number of para-hydroxylation sites is 1. The zero-order chi connectivity index (χ0) is 28.4. The molecule has 2 aromatic rings. The van der Waals surface area contributed by atoms with Gasteiger partial charge in [0.2, 0.25) is 6.79 Å². The molecular weight excluding hydrogens is 508 g/mol. The van der Waals surface area contributed by atoms with Crippen LogP contribution in [0, 0.1) is 5.92 Å². The van der Waals surface area contributed by atoms with Crippen molar-refractivity contribution in [3.63, 3.8) is 0 Å². The molecule has 11 heteroatoms. The Morgan fingerprint density at radius 1 is 1.13 bits per heavy atom. The number of nitrogens with one attached hydrogen (secondary N) is 1. The topological polar surface area (TPSA) is 132 Å². The second-order valence-corrected chi connectivity index (χ2v) is 9.34. The third kappa shape index (κ3) is 8.06. The second kappa shape index (κ2) is 14.3. The number of pyridine rings is 1. The van der Waals surface area contributed by atoms with Crippen LogP contribution in [0.15, 0.2) is 42.6 Å². The summed E-state index contributed by atoms with van der Waals surface area (Å²) in [5.41, 5.74) is -0.129. The monoisotopic (exact) mass is 544 g/mol. The summed E-state index contributed by atoms with van der Waals surface area (Å²) in [6.07, 6.45) is 1.25. The second-order valence-electron chi connectivity index (χ2n) is 9.34. The van der Waals surface area contributed by atoms with Gasteiger partial charge in [-0.1, -0.05) is 32.0 Å². The number of rotatable bonds is 10. The first-order valence-electron chi connectivity index (χ1n) is 12.8. The fourth-order valence-electron chi connectivity index (χ4n) is 4.15. The molecule has 3 rings (SSSR count). The van der Waals surface area contributed by atoms with Gasteiger partial charge in [-0.3, -0.25) is 9.59 Å². The molecule has 1 fully saturated rings. The number of hydrogen-bond donors (Lipinski definition) is 1. The first kappa shape index (κ1) is 29.7. The molecule has 11 nitrogen and oxygen atoms in total. The van der Waals surface area contributed by atoms with Crippen LogP contribution < -0.4 is 19.5 Å². The minimum Gasteiger partial charge on any atom is -0.493 e. The van der Waals surface area contributed by atoms with Crippen molar-refractivity contribution in [1.29, 1.82) is 0 Å². The van der Waals surface area contributed by atoms with E-state index in [1.54, 1.807) is 27.9 Å². The van der Waals surface area contributed by atoms with E-state index in [2.05, 4.69) is 10.3 Å². The smallest absolute Gasteiger partial charge is 0.329 e. The quantitative estimate of drug-likeness (QED) is 0.351. The molecule has 1 amide bonds. The Hall–Kier alpha value is -3.86. The van der Waals surface area contributed by atoms with Crippen molar-refractivity contribution >= 4 is 17.8 Å². The van der Waals surface area contributed by atoms with Gasteiger partial charge in [0.1, 0.15) is 30.1 Å². The summed E-state index contributed by atoms with van der Waals surface area (Å²) in [5, 5.41) is 2.71. The van der Waals surface area contributed by atoms with E-state index in [0.29, 0.717) is 25.0 Å². The van der Waals surface area contributed by atoms with Gasteiger partial charge in [-0.2, -0.15) is 0 Å². The molecule has 0 saturated carbocycles. The van der Waals surface area contributed by atoms with Crippen LogP contribution in [0.4, 0.5) is 0 Å². The van der Waals surface area contributed by atoms with Gasteiger partial charge in [0.15, 0.2) is 17.2 Å². The Balaban J connectivity index is 1.74. The largest absolute Gasteiger partial charge is 0.493 e. The van der Waals surface area contributed by atoms with Crippen LogP contribution >= 0.6 is 0 Å². The molecule has 4 unspecified atom stereocenters. The lowest BCUT2D eigenvalue weighted by Gasteiger charge is -2.30. The highest BCUT2D eigenvalue weighted by Gasteiger charge is 2.36. The van der Waals surface area contributed by atoms with Gasteiger partial charge < -0.3 is 33.7 Å². The van der Waals surface area contributed by atoms with Crippen LogP contribution in [-0.2, 0) is 23.8 Å². The van der Waals surface area contributed by atoms with Gasteiger partial charge in [0, 0.05) is 19.4 Å². The van der Waals surface area contributed by atoms with Crippen molar-refractivity contribution in [3.8, 4) is 17.2 Å². The number of carbonyl (C=O) groups excluding carboxylic acids is 3. The van der Waals surface area contributed by atoms with E-state index in [9.17, 15) is 14.4 Å². The number of methoxy groups -OCH3 is 2. The maximum atomic E-state index is 13.3. The Labute approximate surface area is 228 Å². The van der Waals surface area contributed by atoms with E-state index in [0.717, 1.165) is 0 Å². The maximum Gasteiger partial charge on any atom is 0.329 e. The molecule has 0 spiro atoms. The van der Waals surface area contributed by atoms with E-state index in [1.165, 1.54) is 19.4 Å². The van der Waals surface area contributed by atoms with Crippen LogP contribution in [-0.4, -0.2) is 68.2 Å². The summed E-state index contributed by atoms with van der Waals surface area (Å²) in [5.74, 6) is -1.21. The van der Waals surface area contributed by atoms with Crippen LogP contribution in [0.2, 0.25) is 0 Å². The number of hydrogen-bond acceptors (Lipinski definition) is 10. The highest BCUT2D eigenvalue weighted by Crippen LogP contribution is 2.30. The number of carbonyl (C=O) groups is 3. The highest BCUT2D eigenvalue weighted by molar-refractivity contribution is 5.98. The van der Waals surface area contributed by atoms with E-state index in [1.807, 2.05) is 30.3 Å². The number of esters is 2. The van der Waals surface area contributed by atoms with Crippen LogP contribution in [0.5, 0.6) is 17.2 Å². The molecule has 39 heavy (non-hydrogen) atoms. The van der Waals surface area contributed by atoms with Gasteiger partial charge in [-0.25, -0.2) is 9.78 Å². The predicted octanol–water partition coefficient (Wildman–Crippen LogP) is 3.30. The number of cyclic esters (lactones) is 1. The summed E-state index contributed by atoms with van der Waals surface area (Å²) < 4.78 is 33.4. The van der Waals surface area contributed by atoms with Crippen molar-refractivity contribution in [3.05, 3.63) is 48.3 Å². The van der Waals surface area contributed by atoms with E-state index >= 15 is 0 Å². The summed E-state index contributed by atoms with van der Waals surface area (Å²) >= 11 is 0. The third-order valence-electron chi connectivity index (χ3n) is 6.18. The van der Waals surface area contributed by atoms with Gasteiger partial charge in [-0.05, 0) is 38.3 Å². The molecule has 1 saturated heterocycles. The average molecular weight is 545 g/mol. The van der Waals surface area contributed by atoms with Gasteiger partial charge in [0.05, 0.1) is 13.0 Å². The van der Waals surface area contributed by atoms with Crippen LogP contribution in [0.3, 0.4) is 0 Å². The van der Waals surface area contributed by atoms with Crippen LogP contribution in [0.25, 0.3) is 0 Å². The molecule has 4 atom stereocenters. The fourth-order valence-corrected chi connectivity index (χ4v) is 4.15. The minimum absolute atomic E-state index is 0.0189. The lowest BCUT2D eigenvalue weighted by molar-refractivity contribution is -0.160. The van der Waals surface area contributed by atoms with E-state index in [-0.39, 0.29) is 29.2 Å². The molecular formula is C28H36N2O9. The number of ether oxygens (including phenoxy) is 6. The zero-order valence-corrected chi connectivity index (χ0v) is 22.9. The van der Waals surface area contributed by atoms with Crippen molar-refractivity contribution in [2.75, 3.05) is 21.0 Å². The minimum atomic E-state index is -0.951. The molecule has 2 heterocycles. The van der Waals surface area contributed by atoms with Gasteiger partial charge in [0.25, 0.3) is 5.91 Å². The number of nitrogens with zero attached hydrogens (tertiary/aromatic N) is 1. The first-order valence-corrected chi connectivity index (χ1v) is 12.8. The number of aromatic nitrogens is 1. The molecule has 0 radical (unpaired) electrons. The highest BCUT2D eigenvalue weighted by atomic mass is 16.7. The van der Waals surface area contributed by atoms with Crippen molar-refractivity contribution < 1.29 is 42.8 Å². The number of amides is 1. The van der Waals surface area contributed by atoms with Crippen molar-refractivity contribution in [2.24, 2.45) is 5.92 Å². The summed E-state index contributed by atoms with van der Waals surface area (Å²) in [4.78, 5) is 42.3. The molecule has 1 aliphatic heterocycles. The molecule has 1 N–H and O–H groups in total. The Bertz CT molecular complexity index is 1110. The summed E-state index contributed by atoms with van der Waals surface area (Å²) in [6, 6.07) is 9.90. The Kier molecular flexibility index (Phi) is 10.9. The summed E-state index contributed by atoms with van der Waals surface area (Å²) in [7, 11) is 2.95. The third-order valence-corrected chi connectivity index (χ3v) is 6.18. The number of benzene rings is 1. The van der Waals surface area contributed by atoms with E-state index < -0.39 is 42.9 Å². The summed E-state index contributed by atoms with van der Waals surface area (Å²) in [6.45, 7) is 4.66. The first-order chi connectivity index (χ1) is 18.7. The zero-order valence-electron chi connectivity index (χ0n) is 22.9.